The first-order valence-electron chi connectivity index (χ1n) is 6.40. The number of amides is 1. The van der Waals surface area contributed by atoms with E-state index in [0.29, 0.717) is 11.4 Å². The highest BCUT2D eigenvalue weighted by Crippen LogP contribution is 2.25. The second-order valence-corrected chi connectivity index (χ2v) is 7.38. The zero-order valence-corrected chi connectivity index (χ0v) is 13.8. The minimum Gasteiger partial charge on any atom is -0.352 e. The predicted octanol–water partition coefficient (Wildman–Crippen LogP) is 1.90. The second-order valence-electron chi connectivity index (χ2n) is 4.88. The topological polar surface area (TPSA) is 81.1 Å². The van der Waals surface area contributed by atoms with Gasteiger partial charge in [-0.3, -0.25) is 9.48 Å². The lowest BCUT2D eigenvalue weighted by Crippen LogP contribution is -2.37. The van der Waals surface area contributed by atoms with Crippen LogP contribution >= 0.6 is 10.7 Å². The zero-order valence-electron chi connectivity index (χ0n) is 12.3. The Hall–Kier alpha value is -1.08. The minimum absolute atomic E-state index is 0.0256. The number of aromatic nitrogens is 2. The van der Waals surface area contributed by atoms with Crippen molar-refractivity contribution in [2.75, 3.05) is 0 Å². The van der Waals surface area contributed by atoms with Gasteiger partial charge in [0, 0.05) is 16.7 Å². The third-order valence-corrected chi connectivity index (χ3v) is 4.79. The summed E-state index contributed by atoms with van der Waals surface area (Å²) in [6.45, 7) is 8.68. The van der Waals surface area contributed by atoms with Crippen LogP contribution in [-0.2, 0) is 13.8 Å². The van der Waals surface area contributed by atoms with E-state index < -0.39 is 15.1 Å². The minimum atomic E-state index is -3.87. The van der Waals surface area contributed by atoms with E-state index in [1.54, 1.807) is 20.8 Å². The second kappa shape index (κ2) is 6.13. The Morgan fingerprint density at radius 3 is 2.35 bits per heavy atom. The molecule has 0 aliphatic rings. The molecule has 0 saturated carbocycles. The largest absolute Gasteiger partial charge is 0.352 e. The van der Waals surface area contributed by atoms with Crippen molar-refractivity contribution in [3.63, 3.8) is 0 Å². The van der Waals surface area contributed by atoms with Crippen molar-refractivity contribution < 1.29 is 13.2 Å². The van der Waals surface area contributed by atoms with Gasteiger partial charge in [-0.25, -0.2) is 8.42 Å². The van der Waals surface area contributed by atoms with Crippen molar-refractivity contribution >= 4 is 25.6 Å². The lowest BCUT2D eigenvalue weighted by molar-refractivity contribution is -0.124. The molecule has 1 aromatic rings. The summed E-state index contributed by atoms with van der Waals surface area (Å²) < 4.78 is 24.4. The molecule has 1 rings (SSSR count). The maximum Gasteiger partial charge on any atom is 0.264 e. The molecule has 1 amide bonds. The Morgan fingerprint density at radius 1 is 1.40 bits per heavy atom. The number of carbonyl (C=O) groups is 1. The van der Waals surface area contributed by atoms with Crippen LogP contribution in [0.25, 0.3) is 0 Å². The molecule has 2 unspecified atom stereocenters. The zero-order chi connectivity index (χ0) is 15.7. The number of nitrogens with one attached hydrogen (secondary N) is 1. The van der Waals surface area contributed by atoms with E-state index in [1.165, 1.54) is 4.68 Å². The van der Waals surface area contributed by atoms with Crippen molar-refractivity contribution in [2.24, 2.45) is 0 Å². The Kier molecular flexibility index (Phi) is 5.21. The maximum absolute atomic E-state index is 12.1. The van der Waals surface area contributed by atoms with Gasteiger partial charge in [0.1, 0.15) is 10.9 Å². The van der Waals surface area contributed by atoms with Gasteiger partial charge in [0.25, 0.3) is 9.05 Å². The van der Waals surface area contributed by atoms with Crippen LogP contribution in [0.5, 0.6) is 0 Å². The first-order chi connectivity index (χ1) is 9.09. The molecule has 0 radical (unpaired) electrons. The highest BCUT2D eigenvalue weighted by Gasteiger charge is 2.27. The van der Waals surface area contributed by atoms with Gasteiger partial charge in [-0.15, -0.1) is 0 Å². The van der Waals surface area contributed by atoms with E-state index >= 15 is 0 Å². The van der Waals surface area contributed by atoms with Crippen LogP contribution in [0.4, 0.5) is 0 Å². The van der Waals surface area contributed by atoms with Crippen LogP contribution in [0.1, 0.15) is 44.6 Å². The average Bonchev–Trinajstić information content (AvgIpc) is 2.62. The summed E-state index contributed by atoms with van der Waals surface area (Å²) >= 11 is 0. The van der Waals surface area contributed by atoms with Crippen LogP contribution < -0.4 is 5.32 Å². The summed E-state index contributed by atoms with van der Waals surface area (Å²) in [6, 6.07) is -0.548. The molecule has 0 fully saturated rings. The van der Waals surface area contributed by atoms with E-state index in [1.807, 2.05) is 13.8 Å². The monoisotopic (exact) mass is 321 g/mol. The van der Waals surface area contributed by atoms with Crippen LogP contribution in [0, 0.1) is 13.8 Å². The van der Waals surface area contributed by atoms with E-state index in [4.69, 9.17) is 10.7 Å². The highest BCUT2D eigenvalue weighted by atomic mass is 35.7. The van der Waals surface area contributed by atoms with Gasteiger partial charge in [0.2, 0.25) is 5.91 Å². The summed E-state index contributed by atoms with van der Waals surface area (Å²) in [5, 5.41) is 6.96. The first-order valence-corrected chi connectivity index (χ1v) is 8.71. The molecule has 0 aliphatic carbocycles. The van der Waals surface area contributed by atoms with E-state index in [9.17, 15) is 13.2 Å². The van der Waals surface area contributed by atoms with Crippen molar-refractivity contribution in [3.8, 4) is 0 Å². The van der Waals surface area contributed by atoms with E-state index in [0.717, 1.165) is 6.42 Å². The molecule has 0 spiro atoms. The molecule has 0 saturated heterocycles. The third-order valence-electron chi connectivity index (χ3n) is 3.25. The van der Waals surface area contributed by atoms with Gasteiger partial charge < -0.3 is 5.32 Å². The molecular formula is C12H20ClN3O3S. The Labute approximate surface area is 123 Å². The number of nitrogens with zero attached hydrogens (tertiary/aromatic N) is 2. The molecule has 1 heterocycles. The molecule has 0 bridgehead atoms. The molecule has 114 valence electrons. The molecule has 1 aromatic heterocycles. The fourth-order valence-corrected chi connectivity index (χ4v) is 3.46. The van der Waals surface area contributed by atoms with Crippen molar-refractivity contribution in [1.29, 1.82) is 0 Å². The number of hydrogen-bond donors (Lipinski definition) is 1. The van der Waals surface area contributed by atoms with Crippen molar-refractivity contribution in [3.05, 3.63) is 11.4 Å². The van der Waals surface area contributed by atoms with Crippen LogP contribution in [0.2, 0.25) is 0 Å². The summed E-state index contributed by atoms with van der Waals surface area (Å²) in [4.78, 5) is 12.1. The summed E-state index contributed by atoms with van der Waals surface area (Å²) in [5.41, 5.74) is 0.657. The Bertz CT molecular complexity index is 610. The predicted molar refractivity (Wildman–Crippen MR) is 77.3 cm³/mol. The first kappa shape index (κ1) is 17.0. The number of rotatable bonds is 5. The van der Waals surface area contributed by atoms with Gasteiger partial charge in [0.05, 0.1) is 11.4 Å². The lowest BCUT2D eigenvalue weighted by Gasteiger charge is -2.17. The van der Waals surface area contributed by atoms with Crippen LogP contribution in [0.3, 0.4) is 0 Å². The fraction of sp³-hybridized carbons (Fsp3) is 0.667. The van der Waals surface area contributed by atoms with Crippen LogP contribution in [-0.4, -0.2) is 30.1 Å². The third kappa shape index (κ3) is 3.52. The summed E-state index contributed by atoms with van der Waals surface area (Å²) in [5.74, 6) is -0.205. The van der Waals surface area contributed by atoms with Gasteiger partial charge in [-0.05, 0) is 34.1 Å². The van der Waals surface area contributed by atoms with Crippen molar-refractivity contribution in [2.45, 2.75) is 58.0 Å². The van der Waals surface area contributed by atoms with Gasteiger partial charge in [0.15, 0.2) is 0 Å². The Balaban J connectivity index is 3.13. The summed E-state index contributed by atoms with van der Waals surface area (Å²) in [7, 11) is 1.52. The van der Waals surface area contributed by atoms with Crippen molar-refractivity contribution in [1.82, 2.24) is 15.1 Å². The molecule has 0 aliphatic heterocycles. The smallest absolute Gasteiger partial charge is 0.264 e. The fourth-order valence-electron chi connectivity index (χ4n) is 1.95. The molecule has 20 heavy (non-hydrogen) atoms. The number of carbonyl (C=O) groups excluding carboxylic acids is 1. The molecule has 1 N–H and O–H groups in total. The van der Waals surface area contributed by atoms with Gasteiger partial charge in [-0.1, -0.05) is 6.92 Å². The Morgan fingerprint density at radius 2 is 1.95 bits per heavy atom. The molecule has 6 nitrogen and oxygen atoms in total. The maximum atomic E-state index is 12.1. The molecule has 0 aromatic carbocycles. The quantitative estimate of drug-likeness (QED) is 0.840. The normalized spacial score (nSPS) is 14.9. The summed E-state index contributed by atoms with van der Waals surface area (Å²) in [6.07, 6.45) is 0.816. The SMILES string of the molecule is CCC(C)NC(=O)C(C)n1nc(C)c(S(=O)(=O)Cl)c1C. The van der Waals surface area contributed by atoms with Gasteiger partial charge >= 0.3 is 0 Å². The average molecular weight is 322 g/mol. The lowest BCUT2D eigenvalue weighted by atomic mass is 10.2. The molecule has 8 heteroatoms. The number of halogens is 1. The number of aryl methyl sites for hydroxylation is 1. The van der Waals surface area contributed by atoms with Gasteiger partial charge in [-0.2, -0.15) is 5.10 Å². The molecular weight excluding hydrogens is 302 g/mol. The molecule has 2 atom stereocenters. The van der Waals surface area contributed by atoms with E-state index in [2.05, 4.69) is 10.4 Å². The highest BCUT2D eigenvalue weighted by molar-refractivity contribution is 8.13. The number of hydrogen-bond acceptors (Lipinski definition) is 4. The van der Waals surface area contributed by atoms with E-state index in [-0.39, 0.29) is 16.8 Å². The standard InChI is InChI=1S/C12H20ClN3O3S/c1-6-7(2)14-12(17)10(5)16-9(4)11(8(3)15-16)20(13,18)19/h7,10H,6H2,1-5H3,(H,14,17). The van der Waals surface area contributed by atoms with Crippen LogP contribution in [0.15, 0.2) is 4.90 Å².